The first kappa shape index (κ1) is 13.3. The van der Waals surface area contributed by atoms with Gasteiger partial charge in [-0.05, 0) is 31.2 Å². The summed E-state index contributed by atoms with van der Waals surface area (Å²) in [5.74, 6) is 6.11. The molecule has 1 aromatic rings. The highest BCUT2D eigenvalue weighted by Gasteiger charge is 2.22. The van der Waals surface area contributed by atoms with E-state index < -0.39 is 0 Å². The Bertz CT molecular complexity index is 381. The molecule has 1 saturated heterocycles. The highest BCUT2D eigenvalue weighted by Crippen LogP contribution is 2.14. The summed E-state index contributed by atoms with van der Waals surface area (Å²) >= 11 is 0. The Morgan fingerprint density at radius 1 is 1.50 bits per heavy atom. The van der Waals surface area contributed by atoms with Crippen LogP contribution in [-0.2, 0) is 6.54 Å². The fourth-order valence-corrected chi connectivity index (χ4v) is 2.50. The number of aromatic nitrogens is 1. The fraction of sp³-hybridized carbons (Fsp3) is 0.615. The van der Waals surface area contributed by atoms with Crippen molar-refractivity contribution < 1.29 is 0 Å². The quantitative estimate of drug-likeness (QED) is 0.613. The van der Waals surface area contributed by atoms with E-state index in [9.17, 15) is 0 Å². The maximum atomic E-state index is 5.38. The van der Waals surface area contributed by atoms with Crippen molar-refractivity contribution in [1.82, 2.24) is 14.8 Å². The summed E-state index contributed by atoms with van der Waals surface area (Å²) in [6.45, 7) is 6.64. The molecule has 18 heavy (non-hydrogen) atoms. The molecule has 1 aliphatic rings. The topological polar surface area (TPSA) is 57.4 Å². The van der Waals surface area contributed by atoms with Crippen molar-refractivity contribution in [2.45, 2.75) is 25.9 Å². The minimum atomic E-state index is 0.674. The Morgan fingerprint density at radius 2 is 2.33 bits per heavy atom. The molecule has 5 nitrogen and oxygen atoms in total. The Labute approximate surface area is 109 Å². The third kappa shape index (κ3) is 3.19. The SMILES string of the molecule is CCC1CN(Cc2ccnc(NN)c2)CCN1C. The minimum absolute atomic E-state index is 0.674. The summed E-state index contributed by atoms with van der Waals surface area (Å²) in [7, 11) is 2.22. The van der Waals surface area contributed by atoms with Crippen LogP contribution in [0, 0.1) is 0 Å². The maximum Gasteiger partial charge on any atom is 0.140 e. The van der Waals surface area contributed by atoms with E-state index in [2.05, 4.69) is 40.2 Å². The summed E-state index contributed by atoms with van der Waals surface area (Å²) < 4.78 is 0. The van der Waals surface area contributed by atoms with Crippen LogP contribution in [0.5, 0.6) is 0 Å². The zero-order valence-electron chi connectivity index (χ0n) is 11.3. The molecule has 1 aliphatic heterocycles. The van der Waals surface area contributed by atoms with E-state index >= 15 is 0 Å². The lowest BCUT2D eigenvalue weighted by atomic mass is 10.1. The van der Waals surface area contributed by atoms with Gasteiger partial charge in [-0.25, -0.2) is 10.8 Å². The molecule has 5 heteroatoms. The molecule has 2 rings (SSSR count). The van der Waals surface area contributed by atoms with Gasteiger partial charge < -0.3 is 10.3 Å². The van der Waals surface area contributed by atoms with E-state index in [0.717, 1.165) is 32.0 Å². The minimum Gasteiger partial charge on any atom is -0.308 e. The first-order valence-corrected chi connectivity index (χ1v) is 6.57. The largest absolute Gasteiger partial charge is 0.308 e. The zero-order valence-corrected chi connectivity index (χ0v) is 11.3. The lowest BCUT2D eigenvalue weighted by Gasteiger charge is -2.39. The molecular formula is C13H23N5. The normalized spacial score (nSPS) is 22.1. The van der Waals surface area contributed by atoms with E-state index in [4.69, 9.17) is 5.84 Å². The lowest BCUT2D eigenvalue weighted by Crippen LogP contribution is -2.50. The van der Waals surface area contributed by atoms with Gasteiger partial charge in [0.2, 0.25) is 0 Å². The van der Waals surface area contributed by atoms with E-state index in [0.29, 0.717) is 6.04 Å². The van der Waals surface area contributed by atoms with Crippen molar-refractivity contribution in [2.75, 3.05) is 32.1 Å². The number of nitrogens with one attached hydrogen (secondary N) is 1. The van der Waals surface area contributed by atoms with E-state index in [1.807, 2.05) is 6.07 Å². The van der Waals surface area contributed by atoms with Crippen LogP contribution in [0.4, 0.5) is 5.82 Å². The Balaban J connectivity index is 1.96. The molecule has 1 unspecified atom stereocenters. The number of hydrogen-bond donors (Lipinski definition) is 2. The molecule has 1 aromatic heterocycles. The molecule has 0 spiro atoms. The van der Waals surface area contributed by atoms with Gasteiger partial charge in [0.25, 0.3) is 0 Å². The summed E-state index contributed by atoms with van der Waals surface area (Å²) in [5.41, 5.74) is 3.86. The molecule has 1 fully saturated rings. The van der Waals surface area contributed by atoms with Gasteiger partial charge >= 0.3 is 0 Å². The molecule has 0 aromatic carbocycles. The standard InChI is InChI=1S/C13H23N5/c1-3-12-10-18(7-6-17(12)2)9-11-4-5-15-13(8-11)16-14/h4-5,8,12H,3,6-7,9-10,14H2,1-2H3,(H,15,16). The van der Waals surface area contributed by atoms with Gasteiger partial charge in [0.15, 0.2) is 0 Å². The number of nitrogens with two attached hydrogens (primary N) is 1. The second-order valence-electron chi connectivity index (χ2n) is 4.97. The second kappa shape index (κ2) is 6.13. The monoisotopic (exact) mass is 249 g/mol. The number of pyridine rings is 1. The Morgan fingerprint density at radius 3 is 3.06 bits per heavy atom. The molecule has 0 bridgehead atoms. The second-order valence-corrected chi connectivity index (χ2v) is 4.97. The Kier molecular flexibility index (Phi) is 4.52. The number of nitrogen functional groups attached to an aromatic ring is 1. The van der Waals surface area contributed by atoms with E-state index in [1.165, 1.54) is 12.0 Å². The summed E-state index contributed by atoms with van der Waals surface area (Å²) in [4.78, 5) is 9.09. The van der Waals surface area contributed by atoms with Crippen LogP contribution in [-0.4, -0.2) is 47.5 Å². The van der Waals surface area contributed by atoms with E-state index in [-0.39, 0.29) is 0 Å². The van der Waals surface area contributed by atoms with Crippen molar-refractivity contribution in [3.8, 4) is 0 Å². The third-order valence-corrected chi connectivity index (χ3v) is 3.71. The van der Waals surface area contributed by atoms with Crippen molar-refractivity contribution in [2.24, 2.45) is 5.84 Å². The molecule has 0 amide bonds. The smallest absolute Gasteiger partial charge is 0.140 e. The molecule has 0 saturated carbocycles. The van der Waals surface area contributed by atoms with Crippen molar-refractivity contribution in [3.63, 3.8) is 0 Å². The van der Waals surface area contributed by atoms with E-state index in [1.54, 1.807) is 6.20 Å². The fourth-order valence-electron chi connectivity index (χ4n) is 2.50. The van der Waals surface area contributed by atoms with Crippen LogP contribution in [0.25, 0.3) is 0 Å². The van der Waals surface area contributed by atoms with Crippen molar-refractivity contribution >= 4 is 5.82 Å². The van der Waals surface area contributed by atoms with Crippen LogP contribution in [0.2, 0.25) is 0 Å². The van der Waals surface area contributed by atoms with Gasteiger partial charge in [0.05, 0.1) is 0 Å². The molecular weight excluding hydrogens is 226 g/mol. The van der Waals surface area contributed by atoms with Gasteiger partial charge in [-0.2, -0.15) is 0 Å². The first-order chi connectivity index (χ1) is 8.72. The Hall–Kier alpha value is -1.17. The molecule has 100 valence electrons. The number of hydrogen-bond acceptors (Lipinski definition) is 5. The molecule has 1 atom stereocenters. The molecule has 2 heterocycles. The van der Waals surface area contributed by atoms with Crippen LogP contribution in [0.3, 0.4) is 0 Å². The van der Waals surface area contributed by atoms with Gasteiger partial charge in [-0.3, -0.25) is 4.90 Å². The number of rotatable bonds is 4. The number of hydrazine groups is 1. The van der Waals surface area contributed by atoms with Crippen LogP contribution in [0.1, 0.15) is 18.9 Å². The predicted molar refractivity (Wildman–Crippen MR) is 74.0 cm³/mol. The molecule has 3 N–H and O–H groups in total. The van der Waals surface area contributed by atoms with Crippen LogP contribution >= 0.6 is 0 Å². The average Bonchev–Trinajstić information content (AvgIpc) is 2.41. The zero-order chi connectivity index (χ0) is 13.0. The van der Waals surface area contributed by atoms with Crippen molar-refractivity contribution in [3.05, 3.63) is 23.9 Å². The highest BCUT2D eigenvalue weighted by atomic mass is 15.3. The average molecular weight is 249 g/mol. The number of likely N-dealkylation sites (N-methyl/N-ethyl adjacent to an activating group) is 1. The molecule has 0 aliphatic carbocycles. The molecule has 0 radical (unpaired) electrons. The third-order valence-electron chi connectivity index (χ3n) is 3.71. The van der Waals surface area contributed by atoms with Gasteiger partial charge in [0.1, 0.15) is 5.82 Å². The highest BCUT2D eigenvalue weighted by molar-refractivity contribution is 5.35. The lowest BCUT2D eigenvalue weighted by molar-refractivity contribution is 0.0884. The maximum absolute atomic E-state index is 5.38. The van der Waals surface area contributed by atoms with Crippen LogP contribution in [0.15, 0.2) is 18.3 Å². The van der Waals surface area contributed by atoms with Crippen LogP contribution < -0.4 is 11.3 Å². The van der Waals surface area contributed by atoms with Gasteiger partial charge in [-0.15, -0.1) is 0 Å². The predicted octanol–water partition coefficient (Wildman–Crippen LogP) is 0.893. The summed E-state index contributed by atoms with van der Waals surface area (Å²) in [6, 6.07) is 4.74. The van der Waals surface area contributed by atoms with Gasteiger partial charge in [-0.1, -0.05) is 6.92 Å². The number of nitrogens with zero attached hydrogens (tertiary/aromatic N) is 3. The van der Waals surface area contributed by atoms with Gasteiger partial charge in [0, 0.05) is 38.4 Å². The number of piperazine rings is 1. The summed E-state index contributed by atoms with van der Waals surface area (Å²) in [5, 5.41) is 0. The summed E-state index contributed by atoms with van der Waals surface area (Å²) in [6.07, 6.45) is 3.01. The first-order valence-electron chi connectivity index (χ1n) is 6.57. The number of anilines is 1. The van der Waals surface area contributed by atoms with Crippen molar-refractivity contribution in [1.29, 1.82) is 0 Å².